The number of carbonyl (C=O) groups excluding carboxylic acids is 1. The predicted molar refractivity (Wildman–Crippen MR) is 70.7 cm³/mol. The van der Waals surface area contributed by atoms with Crippen LogP contribution in [-0.2, 0) is 0 Å². The third kappa shape index (κ3) is 2.42. The van der Waals surface area contributed by atoms with E-state index < -0.39 is 0 Å². The number of hydrogen-bond donors (Lipinski definition) is 1. The van der Waals surface area contributed by atoms with Crippen molar-refractivity contribution in [2.24, 2.45) is 0 Å². The molecule has 1 amide bonds. The minimum Gasteiger partial charge on any atom is -0.397 e. The number of nitrogens with two attached hydrogens (primary N) is 1. The summed E-state index contributed by atoms with van der Waals surface area (Å²) in [4.78, 5) is 13.2. The largest absolute Gasteiger partial charge is 0.397 e. The van der Waals surface area contributed by atoms with E-state index in [1.165, 1.54) is 15.6 Å². The molecule has 2 N–H and O–H groups in total. The van der Waals surface area contributed by atoms with Crippen molar-refractivity contribution in [3.63, 3.8) is 0 Å². The number of halogens is 1. The zero-order valence-corrected chi connectivity index (χ0v) is 11.0. The lowest BCUT2D eigenvalue weighted by atomic mass is 10.2. The van der Waals surface area contributed by atoms with Crippen LogP contribution in [0.3, 0.4) is 0 Å². The summed E-state index contributed by atoms with van der Waals surface area (Å²) in [5.41, 5.74) is 7.38. The van der Waals surface area contributed by atoms with Gasteiger partial charge in [0, 0.05) is 20.3 Å². The fraction of sp³-hybridized carbons (Fsp3) is 0.231. The van der Waals surface area contributed by atoms with Crippen LogP contribution in [-0.4, -0.2) is 34.7 Å². The van der Waals surface area contributed by atoms with Gasteiger partial charge in [-0.25, -0.2) is 9.07 Å². The molecule has 6 heteroatoms. The van der Waals surface area contributed by atoms with E-state index in [9.17, 15) is 9.18 Å². The number of carbonyl (C=O) groups is 1. The van der Waals surface area contributed by atoms with E-state index in [0.717, 1.165) is 0 Å². The van der Waals surface area contributed by atoms with Crippen LogP contribution >= 0.6 is 0 Å². The molecule has 0 atom stereocenters. The summed E-state index contributed by atoms with van der Waals surface area (Å²) < 4.78 is 14.8. The number of benzene rings is 1. The Kier molecular flexibility index (Phi) is 3.25. The monoisotopic (exact) mass is 262 g/mol. The van der Waals surface area contributed by atoms with Crippen molar-refractivity contribution in [1.82, 2.24) is 14.7 Å². The second-order valence-corrected chi connectivity index (χ2v) is 4.51. The third-order valence-corrected chi connectivity index (χ3v) is 2.77. The molecule has 100 valence electrons. The van der Waals surface area contributed by atoms with Gasteiger partial charge in [0.2, 0.25) is 0 Å². The van der Waals surface area contributed by atoms with Gasteiger partial charge in [-0.15, -0.1) is 0 Å². The molecule has 2 aromatic rings. The quantitative estimate of drug-likeness (QED) is 0.836. The van der Waals surface area contributed by atoms with Crippen molar-refractivity contribution in [2.45, 2.75) is 6.92 Å². The van der Waals surface area contributed by atoms with Crippen LogP contribution in [0.1, 0.15) is 16.1 Å². The summed E-state index contributed by atoms with van der Waals surface area (Å²) in [6, 6.07) is 4.45. The first-order valence-electron chi connectivity index (χ1n) is 5.73. The van der Waals surface area contributed by atoms with Crippen molar-refractivity contribution in [3.8, 4) is 5.69 Å². The van der Waals surface area contributed by atoms with Crippen molar-refractivity contribution >= 4 is 11.6 Å². The summed E-state index contributed by atoms with van der Waals surface area (Å²) in [5, 5.41) is 4.16. The van der Waals surface area contributed by atoms with Gasteiger partial charge in [-0.1, -0.05) is 0 Å². The average molecular weight is 262 g/mol. The van der Waals surface area contributed by atoms with E-state index >= 15 is 0 Å². The molecule has 0 saturated heterocycles. The van der Waals surface area contributed by atoms with Gasteiger partial charge in [-0.2, -0.15) is 5.10 Å². The van der Waals surface area contributed by atoms with Gasteiger partial charge < -0.3 is 10.6 Å². The van der Waals surface area contributed by atoms with Crippen LogP contribution in [0, 0.1) is 12.7 Å². The average Bonchev–Trinajstić information content (AvgIpc) is 2.81. The van der Waals surface area contributed by atoms with E-state index in [1.807, 2.05) is 0 Å². The summed E-state index contributed by atoms with van der Waals surface area (Å²) in [7, 11) is 3.30. The van der Waals surface area contributed by atoms with E-state index in [-0.39, 0.29) is 17.4 Å². The maximum Gasteiger partial charge on any atom is 0.273 e. The number of amides is 1. The molecule has 0 unspecified atom stereocenters. The first kappa shape index (κ1) is 13.1. The second kappa shape index (κ2) is 4.72. The van der Waals surface area contributed by atoms with E-state index in [0.29, 0.717) is 16.9 Å². The molecule has 0 bridgehead atoms. The SMILES string of the molecule is Cc1cc(-n2ccc(C(=O)N(C)C)n2)c(N)cc1F. The normalized spacial score (nSPS) is 10.5. The number of nitrogen functional groups attached to an aromatic ring is 1. The zero-order chi connectivity index (χ0) is 14.2. The van der Waals surface area contributed by atoms with E-state index in [4.69, 9.17) is 5.73 Å². The van der Waals surface area contributed by atoms with Gasteiger partial charge in [-0.05, 0) is 30.7 Å². The highest BCUT2D eigenvalue weighted by molar-refractivity contribution is 5.91. The maximum absolute atomic E-state index is 13.3. The topological polar surface area (TPSA) is 64.2 Å². The van der Waals surface area contributed by atoms with Crippen LogP contribution in [0.4, 0.5) is 10.1 Å². The molecule has 0 spiro atoms. The highest BCUT2D eigenvalue weighted by atomic mass is 19.1. The molecule has 1 aromatic carbocycles. The standard InChI is InChI=1S/C13H15FN4O/c1-8-6-12(10(15)7-9(8)14)18-5-4-11(16-18)13(19)17(2)3/h4-7H,15H2,1-3H3. The second-order valence-electron chi connectivity index (χ2n) is 4.51. The minimum absolute atomic E-state index is 0.198. The predicted octanol–water partition coefficient (Wildman–Crippen LogP) is 1.60. The Balaban J connectivity index is 2.44. The number of anilines is 1. The Morgan fingerprint density at radius 3 is 2.74 bits per heavy atom. The first-order chi connectivity index (χ1) is 8.90. The third-order valence-electron chi connectivity index (χ3n) is 2.77. The lowest BCUT2D eigenvalue weighted by Gasteiger charge is -2.09. The highest BCUT2D eigenvalue weighted by Crippen LogP contribution is 2.21. The highest BCUT2D eigenvalue weighted by Gasteiger charge is 2.13. The van der Waals surface area contributed by atoms with Gasteiger partial charge in [-0.3, -0.25) is 4.79 Å². The van der Waals surface area contributed by atoms with Gasteiger partial charge in [0.25, 0.3) is 5.91 Å². The molecule has 0 saturated carbocycles. The summed E-state index contributed by atoms with van der Waals surface area (Å²) >= 11 is 0. The van der Waals surface area contributed by atoms with Crippen molar-refractivity contribution in [2.75, 3.05) is 19.8 Å². The van der Waals surface area contributed by atoms with Crippen molar-refractivity contribution < 1.29 is 9.18 Å². The van der Waals surface area contributed by atoms with Gasteiger partial charge in [0.1, 0.15) is 5.82 Å². The first-order valence-corrected chi connectivity index (χ1v) is 5.73. The van der Waals surface area contributed by atoms with Gasteiger partial charge in [0.05, 0.1) is 11.4 Å². The van der Waals surface area contributed by atoms with Crippen LogP contribution in [0.25, 0.3) is 5.69 Å². The molecule has 0 aliphatic carbocycles. The van der Waals surface area contributed by atoms with Gasteiger partial charge in [0.15, 0.2) is 5.69 Å². The molecule has 1 aromatic heterocycles. The molecule has 1 heterocycles. The lowest BCUT2D eigenvalue weighted by molar-refractivity contribution is 0.0821. The van der Waals surface area contributed by atoms with Crippen LogP contribution in [0.2, 0.25) is 0 Å². The fourth-order valence-electron chi connectivity index (χ4n) is 1.68. The Morgan fingerprint density at radius 2 is 2.11 bits per heavy atom. The Labute approximate surface area is 110 Å². The molecular weight excluding hydrogens is 247 g/mol. The Hall–Kier alpha value is -2.37. The molecule has 0 aliphatic rings. The molecule has 0 aliphatic heterocycles. The molecule has 5 nitrogen and oxygen atoms in total. The Bertz CT molecular complexity index is 634. The van der Waals surface area contributed by atoms with E-state index in [1.54, 1.807) is 39.3 Å². The number of rotatable bonds is 2. The minimum atomic E-state index is -0.363. The van der Waals surface area contributed by atoms with Crippen LogP contribution < -0.4 is 5.73 Å². The van der Waals surface area contributed by atoms with Crippen molar-refractivity contribution in [3.05, 3.63) is 41.5 Å². The number of aryl methyl sites for hydroxylation is 1. The number of nitrogens with zero attached hydrogens (tertiary/aromatic N) is 3. The molecule has 0 fully saturated rings. The van der Waals surface area contributed by atoms with Crippen molar-refractivity contribution in [1.29, 1.82) is 0 Å². The van der Waals surface area contributed by atoms with Crippen LogP contribution in [0.5, 0.6) is 0 Å². The molecule has 0 radical (unpaired) electrons. The summed E-state index contributed by atoms with van der Waals surface area (Å²) in [6.07, 6.45) is 1.62. The Morgan fingerprint density at radius 1 is 1.42 bits per heavy atom. The molecule has 19 heavy (non-hydrogen) atoms. The maximum atomic E-state index is 13.3. The molecule has 2 rings (SSSR count). The fourth-order valence-corrected chi connectivity index (χ4v) is 1.68. The smallest absolute Gasteiger partial charge is 0.273 e. The van der Waals surface area contributed by atoms with Gasteiger partial charge >= 0.3 is 0 Å². The lowest BCUT2D eigenvalue weighted by Crippen LogP contribution is -2.22. The van der Waals surface area contributed by atoms with Crippen LogP contribution in [0.15, 0.2) is 24.4 Å². The zero-order valence-electron chi connectivity index (χ0n) is 11.0. The summed E-state index contributed by atoms with van der Waals surface area (Å²) in [5.74, 6) is -0.561. The molecular formula is C13H15FN4O. The van der Waals surface area contributed by atoms with E-state index in [2.05, 4.69) is 5.10 Å². The number of aromatic nitrogens is 2. The summed E-state index contributed by atoms with van der Waals surface area (Å²) in [6.45, 7) is 1.65. The number of hydrogen-bond acceptors (Lipinski definition) is 3.